The molecule has 2 aromatic carbocycles. The van der Waals surface area contributed by atoms with Crippen LogP contribution >= 0.6 is 0 Å². The summed E-state index contributed by atoms with van der Waals surface area (Å²) in [7, 11) is 0. The van der Waals surface area contributed by atoms with E-state index in [0.717, 1.165) is 5.56 Å². The molecule has 1 saturated heterocycles. The summed E-state index contributed by atoms with van der Waals surface area (Å²) in [6, 6.07) is 9.22. The monoisotopic (exact) mass is 437 g/mol. The molecule has 2 aromatic rings. The Kier molecular flexibility index (Phi) is 7.11. The van der Waals surface area contributed by atoms with Crippen molar-refractivity contribution in [1.82, 2.24) is 0 Å². The van der Waals surface area contributed by atoms with Crippen molar-refractivity contribution in [3.05, 3.63) is 53.1 Å². The molecule has 5 unspecified atom stereocenters. The van der Waals surface area contributed by atoms with E-state index in [4.69, 9.17) is 4.74 Å². The van der Waals surface area contributed by atoms with Gasteiger partial charge in [-0.05, 0) is 48.7 Å². The number of carbonyl (C=O) groups is 1. The molecule has 5 atom stereocenters. The maximum atomic E-state index is 14.0. The molecule has 0 spiro atoms. The van der Waals surface area contributed by atoms with Crippen molar-refractivity contribution < 1.29 is 44.2 Å². The smallest absolute Gasteiger partial charge is 0.334 e. The third-order valence-electron chi connectivity index (χ3n) is 5.19. The topological polar surface area (TPSA) is 140 Å². The van der Waals surface area contributed by atoms with Gasteiger partial charge in [-0.3, -0.25) is 4.79 Å². The molecule has 0 bridgehead atoms. The highest BCUT2D eigenvalue weighted by Crippen LogP contribution is 2.34. The van der Waals surface area contributed by atoms with Crippen molar-refractivity contribution in [3.8, 4) is 17.2 Å². The number of aliphatic hydroxyl groups is 5. The number of ether oxygens (including phenoxy) is 2. The average Bonchev–Trinajstić information content (AvgIpc) is 2.73. The van der Waals surface area contributed by atoms with Crippen LogP contribution in [-0.4, -0.2) is 73.4 Å². The average molecular weight is 437 g/mol. The number of rotatable bonds is 7. The number of halogens is 1. The van der Waals surface area contributed by atoms with E-state index >= 15 is 0 Å². The van der Waals surface area contributed by atoms with E-state index < -0.39 is 43.2 Å². The molecule has 6 N–H and O–H groups in total. The number of hydrogen-bond donors (Lipinski definition) is 5. The Morgan fingerprint density at radius 1 is 1.13 bits per heavy atom. The van der Waals surface area contributed by atoms with Gasteiger partial charge >= 0.3 is 6.29 Å². The molecule has 1 aliphatic rings. The predicted molar refractivity (Wildman–Crippen MR) is 108 cm³/mol. The third kappa shape index (κ3) is 5.13. The summed E-state index contributed by atoms with van der Waals surface area (Å²) in [5.74, 6) is -0.718. The lowest BCUT2D eigenvalue weighted by atomic mass is 9.99. The van der Waals surface area contributed by atoms with Gasteiger partial charge < -0.3 is 35.0 Å². The molecule has 0 radical (unpaired) electrons. The Bertz CT molecular complexity index is 914. The summed E-state index contributed by atoms with van der Waals surface area (Å²) in [5.41, 5.74) is 1.25. The number of ketones is 1. The van der Waals surface area contributed by atoms with E-state index in [1.54, 1.807) is 19.1 Å². The van der Waals surface area contributed by atoms with Gasteiger partial charge in [0.2, 0.25) is 12.3 Å². The lowest BCUT2D eigenvalue weighted by Crippen LogP contribution is -2.60. The number of carbonyl (C=O) groups excluding carboxylic acids is 1. The van der Waals surface area contributed by atoms with E-state index in [0.29, 0.717) is 12.0 Å². The Balaban J connectivity index is 1.82. The molecule has 1 fully saturated rings. The van der Waals surface area contributed by atoms with Crippen molar-refractivity contribution >= 4 is 5.78 Å². The molecule has 8 nitrogen and oxygen atoms in total. The molecular formula is C22H26FO8+. The first kappa shape index (κ1) is 23.0. The zero-order valence-electron chi connectivity index (χ0n) is 16.8. The fourth-order valence-electron chi connectivity index (χ4n) is 3.48. The van der Waals surface area contributed by atoms with Crippen LogP contribution in [0, 0.1) is 6.92 Å². The highest BCUT2D eigenvalue weighted by atomic mass is 19.1. The second-order valence-corrected chi connectivity index (χ2v) is 7.58. The van der Waals surface area contributed by atoms with Crippen LogP contribution in [0.3, 0.4) is 0 Å². The minimum Gasteiger partial charge on any atom is -0.508 e. The lowest BCUT2D eigenvalue weighted by molar-refractivity contribution is -0.341. The van der Waals surface area contributed by atoms with Gasteiger partial charge in [-0.15, -0.1) is 0 Å². The summed E-state index contributed by atoms with van der Waals surface area (Å²) in [6.07, 6.45) is -7.88. The van der Waals surface area contributed by atoms with Crippen LogP contribution in [0.5, 0.6) is 17.2 Å². The van der Waals surface area contributed by atoms with Crippen molar-refractivity contribution in [2.75, 3.05) is 6.61 Å². The van der Waals surface area contributed by atoms with Crippen LogP contribution in [0.15, 0.2) is 36.4 Å². The maximum Gasteiger partial charge on any atom is 0.334 e. The van der Waals surface area contributed by atoms with E-state index in [9.17, 15) is 34.7 Å². The first-order chi connectivity index (χ1) is 14.7. The second kappa shape index (κ2) is 9.61. The Morgan fingerprint density at radius 2 is 1.81 bits per heavy atom. The number of alkyl halides is 1. The summed E-state index contributed by atoms with van der Waals surface area (Å²) >= 11 is 0. The van der Waals surface area contributed by atoms with Gasteiger partial charge in [0.05, 0.1) is 0 Å². The number of Topliss-reactive ketones (excluding diaryl/α,β-unsaturated/α-hetero) is 1. The first-order valence-electron chi connectivity index (χ1n) is 9.83. The summed E-state index contributed by atoms with van der Waals surface area (Å²) in [5, 5.41) is 49.1. The third-order valence-corrected chi connectivity index (χ3v) is 5.19. The van der Waals surface area contributed by atoms with Crippen molar-refractivity contribution in [2.45, 2.75) is 50.5 Å². The Labute approximate surface area is 178 Å². The fourth-order valence-corrected chi connectivity index (χ4v) is 3.48. The van der Waals surface area contributed by atoms with E-state index in [1.807, 2.05) is 0 Å². The number of phenolic OH excluding ortho intramolecular Hbond substituents is 2. The van der Waals surface area contributed by atoms with Crippen LogP contribution in [0.25, 0.3) is 0 Å². The second-order valence-electron chi connectivity index (χ2n) is 7.58. The van der Waals surface area contributed by atoms with Crippen LogP contribution in [0.4, 0.5) is 4.39 Å². The normalized spacial score (nSPS) is 25.9. The van der Waals surface area contributed by atoms with Gasteiger partial charge in [0, 0.05) is 6.42 Å². The zero-order chi connectivity index (χ0) is 22.7. The van der Waals surface area contributed by atoms with Crippen LogP contribution in [0.2, 0.25) is 0 Å². The maximum absolute atomic E-state index is 14.0. The number of hydrogen-bond acceptors (Lipinski definition) is 7. The number of aromatic hydroxyl groups is 2. The van der Waals surface area contributed by atoms with Gasteiger partial charge in [0.25, 0.3) is 0 Å². The largest absolute Gasteiger partial charge is 0.508 e. The van der Waals surface area contributed by atoms with E-state index in [2.05, 4.69) is 4.74 Å². The van der Waals surface area contributed by atoms with Crippen LogP contribution < -0.4 is 4.74 Å². The van der Waals surface area contributed by atoms with Gasteiger partial charge in [-0.2, -0.15) is 0 Å². The standard InChI is InChI=1S/C22H25FO8/c1-11-8-15(27)18(14(26)7-4-12-2-5-13(25)6-3-12)16(9-11)30-22-21(29)20(28)19(23)17(10-24)31-22/h2-3,5-6,8-9,17,19-22,24-25,27-29H,4,7,10H2,1H3/p+1. The Morgan fingerprint density at radius 3 is 2.45 bits per heavy atom. The summed E-state index contributed by atoms with van der Waals surface area (Å²) in [4.78, 5) is 12.9. The van der Waals surface area contributed by atoms with Gasteiger partial charge in [0.1, 0.15) is 35.5 Å². The molecular weight excluding hydrogens is 411 g/mol. The van der Waals surface area contributed by atoms with Crippen LogP contribution in [-0.2, 0) is 6.42 Å². The zero-order valence-corrected chi connectivity index (χ0v) is 16.8. The number of phenols is 2. The number of aryl methyl sites for hydroxylation is 2. The lowest BCUT2D eigenvalue weighted by Gasteiger charge is -2.35. The van der Waals surface area contributed by atoms with Crippen molar-refractivity contribution in [2.24, 2.45) is 0 Å². The molecule has 0 saturated carbocycles. The quantitative estimate of drug-likeness (QED) is 0.320. The van der Waals surface area contributed by atoms with Crippen molar-refractivity contribution in [1.29, 1.82) is 0 Å². The van der Waals surface area contributed by atoms with E-state index in [-0.39, 0.29) is 29.2 Å². The molecule has 1 aliphatic heterocycles. The van der Waals surface area contributed by atoms with Gasteiger partial charge in [0.15, 0.2) is 11.9 Å². The number of benzene rings is 2. The molecule has 3 rings (SSSR count). The SMILES string of the molecule is Cc1cc(O)c(C(=O)CCc2ccc(O)cc2)c(OC2[OH+]C(CO)C(F)C(O)C2O)c1. The minimum absolute atomic E-state index is 0.0244. The molecule has 9 heteroatoms. The summed E-state index contributed by atoms with van der Waals surface area (Å²) < 4.78 is 23.5. The van der Waals surface area contributed by atoms with Gasteiger partial charge in [-0.1, -0.05) is 12.1 Å². The Hall–Kier alpha value is -2.72. The number of aliphatic hydroxyl groups excluding tert-OH is 3. The molecule has 0 aliphatic carbocycles. The molecule has 168 valence electrons. The predicted octanol–water partition coefficient (Wildman–Crippen LogP) is 0.889. The van der Waals surface area contributed by atoms with E-state index in [1.165, 1.54) is 24.3 Å². The molecule has 31 heavy (non-hydrogen) atoms. The van der Waals surface area contributed by atoms with Gasteiger partial charge in [-0.25, -0.2) is 4.39 Å². The molecule has 0 amide bonds. The van der Waals surface area contributed by atoms with Crippen molar-refractivity contribution in [3.63, 3.8) is 0 Å². The summed E-state index contributed by atoms with van der Waals surface area (Å²) in [6.45, 7) is 0.969. The minimum atomic E-state index is -1.96. The van der Waals surface area contributed by atoms with Crippen LogP contribution in [0.1, 0.15) is 27.9 Å². The fraction of sp³-hybridized carbons (Fsp3) is 0.409. The highest BCUT2D eigenvalue weighted by Gasteiger charge is 2.50. The molecule has 1 heterocycles. The highest BCUT2D eigenvalue weighted by molar-refractivity contribution is 6.01. The first-order valence-corrected chi connectivity index (χ1v) is 9.83. The molecule has 0 aromatic heterocycles.